The van der Waals surface area contributed by atoms with Crippen LogP contribution in [0, 0.1) is 0 Å². The largest absolute Gasteiger partial charge is 0.497 e. The molecule has 1 N–H and O–H groups in total. The summed E-state index contributed by atoms with van der Waals surface area (Å²) in [5, 5.41) is 3.37. The van der Waals surface area contributed by atoms with Crippen molar-refractivity contribution < 1.29 is 19.1 Å². The maximum Gasteiger partial charge on any atom is 0.317 e. The third kappa shape index (κ3) is 6.12. The molecule has 2 aromatic carbocycles. The van der Waals surface area contributed by atoms with Gasteiger partial charge in [0.05, 0.1) is 23.6 Å². The van der Waals surface area contributed by atoms with Crippen LogP contribution in [0.15, 0.2) is 47.4 Å². The fraction of sp³-hybridized carbons (Fsp3) is 0.222. The Hall–Kier alpha value is -1.89. The monoisotopic (exact) mass is 413 g/mol. The van der Waals surface area contributed by atoms with Crippen molar-refractivity contribution in [2.45, 2.75) is 17.9 Å². The minimum atomic E-state index is -0.964. The Morgan fingerprint density at radius 2 is 1.85 bits per heavy atom. The molecule has 1 atom stereocenters. The van der Waals surface area contributed by atoms with Crippen molar-refractivity contribution in [2.75, 3.05) is 18.2 Å². The van der Waals surface area contributed by atoms with Gasteiger partial charge in [-0.2, -0.15) is 0 Å². The number of carbonyl (C=O) groups excluding carboxylic acids is 2. The predicted octanol–water partition coefficient (Wildman–Crippen LogP) is 4.66. The van der Waals surface area contributed by atoms with Gasteiger partial charge in [-0.25, -0.2) is 0 Å². The molecule has 0 aliphatic carbocycles. The molecule has 0 aliphatic rings. The van der Waals surface area contributed by atoms with Crippen LogP contribution < -0.4 is 10.1 Å². The second-order valence-electron chi connectivity index (χ2n) is 5.21. The van der Waals surface area contributed by atoms with E-state index in [1.54, 1.807) is 31.4 Å². The zero-order chi connectivity index (χ0) is 19.1. The highest BCUT2D eigenvalue weighted by Crippen LogP contribution is 2.26. The highest BCUT2D eigenvalue weighted by atomic mass is 35.5. The summed E-state index contributed by atoms with van der Waals surface area (Å²) < 4.78 is 10.2. The summed E-state index contributed by atoms with van der Waals surface area (Å²) in [5.41, 5.74) is 0.361. The molecule has 26 heavy (non-hydrogen) atoms. The average molecular weight is 414 g/mol. The lowest BCUT2D eigenvalue weighted by atomic mass is 10.3. The normalized spacial score (nSPS) is 11.5. The van der Waals surface area contributed by atoms with Gasteiger partial charge < -0.3 is 14.8 Å². The van der Waals surface area contributed by atoms with E-state index in [9.17, 15) is 9.59 Å². The Morgan fingerprint density at radius 1 is 1.15 bits per heavy atom. The van der Waals surface area contributed by atoms with Crippen molar-refractivity contribution in [3.8, 4) is 5.75 Å². The Labute approximate surface area is 166 Å². The molecule has 0 saturated carbocycles. The lowest BCUT2D eigenvalue weighted by Crippen LogP contribution is -2.30. The second-order valence-corrected chi connectivity index (χ2v) is 7.10. The topological polar surface area (TPSA) is 64.6 Å². The predicted molar refractivity (Wildman–Crippen MR) is 104 cm³/mol. The van der Waals surface area contributed by atoms with E-state index in [0.717, 1.165) is 10.6 Å². The van der Waals surface area contributed by atoms with E-state index in [0.29, 0.717) is 15.7 Å². The van der Waals surface area contributed by atoms with E-state index < -0.39 is 18.0 Å². The van der Waals surface area contributed by atoms with Crippen LogP contribution in [0.2, 0.25) is 10.0 Å². The maximum atomic E-state index is 12.1. The number of hydrogen-bond acceptors (Lipinski definition) is 5. The molecule has 1 amide bonds. The van der Waals surface area contributed by atoms with Crippen LogP contribution in [0.4, 0.5) is 5.69 Å². The Bertz CT molecular complexity index is 783. The maximum absolute atomic E-state index is 12.1. The van der Waals surface area contributed by atoms with Crippen molar-refractivity contribution in [3.63, 3.8) is 0 Å². The Morgan fingerprint density at radius 3 is 2.50 bits per heavy atom. The van der Waals surface area contributed by atoms with E-state index in [1.165, 1.54) is 24.8 Å². The molecule has 8 heteroatoms. The van der Waals surface area contributed by atoms with Gasteiger partial charge in [-0.3, -0.25) is 9.59 Å². The molecule has 2 aromatic rings. The minimum absolute atomic E-state index is 0.0852. The lowest BCUT2D eigenvalue weighted by Gasteiger charge is -2.14. The van der Waals surface area contributed by atoms with Gasteiger partial charge in [0.1, 0.15) is 5.75 Å². The molecule has 0 aromatic heterocycles. The number of esters is 1. The Balaban J connectivity index is 1.83. The van der Waals surface area contributed by atoms with E-state index in [2.05, 4.69) is 5.32 Å². The Kier molecular flexibility index (Phi) is 7.63. The number of hydrogen-bond donors (Lipinski definition) is 1. The van der Waals surface area contributed by atoms with Crippen molar-refractivity contribution in [1.82, 2.24) is 0 Å². The first-order valence-corrected chi connectivity index (χ1v) is 9.35. The van der Waals surface area contributed by atoms with Crippen LogP contribution in [0.1, 0.15) is 6.92 Å². The van der Waals surface area contributed by atoms with Crippen LogP contribution in [0.5, 0.6) is 5.75 Å². The molecule has 0 saturated heterocycles. The van der Waals surface area contributed by atoms with Gasteiger partial charge in [0, 0.05) is 9.92 Å². The number of amides is 1. The number of ether oxygens (including phenoxy) is 2. The first-order valence-electron chi connectivity index (χ1n) is 7.61. The van der Waals surface area contributed by atoms with Crippen molar-refractivity contribution >= 4 is 52.5 Å². The van der Waals surface area contributed by atoms with Crippen LogP contribution in [-0.2, 0) is 14.3 Å². The molecule has 0 spiro atoms. The zero-order valence-electron chi connectivity index (χ0n) is 14.1. The highest BCUT2D eigenvalue weighted by Gasteiger charge is 2.19. The summed E-state index contributed by atoms with van der Waals surface area (Å²) in [6, 6.07) is 12.0. The second kappa shape index (κ2) is 9.71. The van der Waals surface area contributed by atoms with E-state index >= 15 is 0 Å². The molecule has 0 bridgehead atoms. The van der Waals surface area contributed by atoms with Gasteiger partial charge in [0.25, 0.3) is 5.91 Å². The van der Waals surface area contributed by atoms with Gasteiger partial charge in [0.15, 0.2) is 6.10 Å². The highest BCUT2D eigenvalue weighted by molar-refractivity contribution is 8.00. The van der Waals surface area contributed by atoms with Gasteiger partial charge in [-0.1, -0.05) is 23.2 Å². The van der Waals surface area contributed by atoms with Crippen molar-refractivity contribution in [1.29, 1.82) is 0 Å². The quantitative estimate of drug-likeness (QED) is 0.527. The number of methoxy groups -OCH3 is 1. The third-order valence-electron chi connectivity index (χ3n) is 3.28. The fourth-order valence-corrected chi connectivity index (χ4v) is 2.94. The van der Waals surface area contributed by atoms with Gasteiger partial charge >= 0.3 is 5.97 Å². The number of rotatable bonds is 7. The zero-order valence-corrected chi connectivity index (χ0v) is 16.5. The number of carbonyl (C=O) groups is 2. The molecule has 5 nitrogen and oxygen atoms in total. The molecule has 0 fully saturated rings. The van der Waals surface area contributed by atoms with Gasteiger partial charge in [0.2, 0.25) is 0 Å². The SMILES string of the molecule is COc1ccc(SCC(=O)O[C@@H](C)C(=O)Nc2cc(Cl)ccc2Cl)cc1. The summed E-state index contributed by atoms with van der Waals surface area (Å²) in [6.07, 6.45) is -0.964. The van der Waals surface area contributed by atoms with Crippen LogP contribution >= 0.6 is 35.0 Å². The number of halogens is 2. The van der Waals surface area contributed by atoms with Crippen LogP contribution in [0.3, 0.4) is 0 Å². The summed E-state index contributed by atoms with van der Waals surface area (Å²) >= 11 is 13.2. The molecule has 0 aliphatic heterocycles. The lowest BCUT2D eigenvalue weighted by molar-refractivity contribution is -0.150. The molecule has 0 radical (unpaired) electrons. The van der Waals surface area contributed by atoms with E-state index in [1.807, 2.05) is 12.1 Å². The minimum Gasteiger partial charge on any atom is -0.497 e. The molecule has 0 heterocycles. The summed E-state index contributed by atoms with van der Waals surface area (Å²) in [4.78, 5) is 25.0. The molecule has 138 valence electrons. The van der Waals surface area contributed by atoms with Crippen LogP contribution in [0.25, 0.3) is 0 Å². The first kappa shape index (κ1) is 20.4. The van der Waals surface area contributed by atoms with Crippen molar-refractivity contribution in [3.05, 3.63) is 52.5 Å². The summed E-state index contributed by atoms with van der Waals surface area (Å²) in [7, 11) is 1.59. The third-order valence-corrected chi connectivity index (χ3v) is 4.83. The van der Waals surface area contributed by atoms with Crippen LogP contribution in [-0.4, -0.2) is 30.8 Å². The fourth-order valence-electron chi connectivity index (χ4n) is 1.93. The van der Waals surface area contributed by atoms with E-state index in [4.69, 9.17) is 32.7 Å². The molecular weight excluding hydrogens is 397 g/mol. The number of nitrogens with one attached hydrogen (secondary N) is 1. The number of benzene rings is 2. The summed E-state index contributed by atoms with van der Waals surface area (Å²) in [5.74, 6) is -0.161. The molecule has 0 unspecified atom stereocenters. The standard InChI is InChI=1S/C18H17Cl2NO4S/c1-11(18(23)21-16-9-12(19)3-8-15(16)20)25-17(22)10-26-14-6-4-13(24-2)5-7-14/h3-9,11H,10H2,1-2H3,(H,21,23)/t11-/m0/s1. The summed E-state index contributed by atoms with van der Waals surface area (Å²) in [6.45, 7) is 1.49. The molecular formula is C18H17Cl2NO4S. The number of anilines is 1. The smallest absolute Gasteiger partial charge is 0.317 e. The van der Waals surface area contributed by atoms with E-state index in [-0.39, 0.29) is 5.75 Å². The molecule has 2 rings (SSSR count). The number of thioether (sulfide) groups is 1. The first-order chi connectivity index (χ1) is 12.4. The average Bonchev–Trinajstić information content (AvgIpc) is 2.63. The van der Waals surface area contributed by atoms with Gasteiger partial charge in [-0.05, 0) is 49.4 Å². The van der Waals surface area contributed by atoms with Gasteiger partial charge in [-0.15, -0.1) is 11.8 Å². The van der Waals surface area contributed by atoms with Crippen molar-refractivity contribution in [2.24, 2.45) is 0 Å².